The molecule has 2 aromatic rings. The quantitative estimate of drug-likeness (QED) is 0.890. The van der Waals surface area contributed by atoms with E-state index in [4.69, 9.17) is 5.73 Å². The maximum absolute atomic E-state index is 5.70. The van der Waals surface area contributed by atoms with E-state index in [0.29, 0.717) is 6.54 Å². The predicted molar refractivity (Wildman–Crippen MR) is 73.4 cm³/mol. The third-order valence-corrected chi connectivity index (χ3v) is 3.65. The zero-order chi connectivity index (χ0) is 10.7. The largest absolute Gasteiger partial charge is 0.326 e. The lowest BCUT2D eigenvalue weighted by molar-refractivity contribution is 1.05. The van der Waals surface area contributed by atoms with Crippen molar-refractivity contribution < 1.29 is 0 Å². The number of benzene rings is 1. The van der Waals surface area contributed by atoms with E-state index in [0.717, 1.165) is 6.42 Å². The lowest BCUT2D eigenvalue weighted by Gasteiger charge is -2.05. The van der Waals surface area contributed by atoms with Gasteiger partial charge in [0.05, 0.1) is 0 Å². The van der Waals surface area contributed by atoms with Gasteiger partial charge in [-0.3, -0.25) is 0 Å². The summed E-state index contributed by atoms with van der Waals surface area (Å²) in [7, 11) is 0. The Balaban J connectivity index is 0.00000128. The molecule has 2 rings (SSSR count). The van der Waals surface area contributed by atoms with Gasteiger partial charge in [0, 0.05) is 11.4 Å². The topological polar surface area (TPSA) is 26.0 Å². The monoisotopic (exact) mass is 253 g/mol. The highest BCUT2D eigenvalue weighted by molar-refractivity contribution is 7.10. The van der Waals surface area contributed by atoms with E-state index in [9.17, 15) is 0 Å². The predicted octanol–water partition coefficient (Wildman–Crippen LogP) is 3.53. The smallest absolute Gasteiger partial charge is 0.0276 e. The van der Waals surface area contributed by atoms with Gasteiger partial charge in [-0.15, -0.1) is 23.7 Å². The first-order valence-electron chi connectivity index (χ1n) is 5.11. The minimum absolute atomic E-state index is 0. The molecule has 86 valence electrons. The summed E-state index contributed by atoms with van der Waals surface area (Å²) in [6.07, 6.45) is 1.00. The van der Waals surface area contributed by atoms with E-state index in [1.54, 1.807) is 11.3 Å². The molecular formula is C13H16ClNS. The molecule has 1 nitrogen and oxygen atoms in total. The van der Waals surface area contributed by atoms with E-state index < -0.39 is 0 Å². The molecule has 2 N–H and O–H groups in total. The summed E-state index contributed by atoms with van der Waals surface area (Å²) in [6.45, 7) is 2.81. The summed E-state index contributed by atoms with van der Waals surface area (Å²) in [4.78, 5) is 1.30. The van der Waals surface area contributed by atoms with Gasteiger partial charge in [-0.05, 0) is 41.5 Å². The van der Waals surface area contributed by atoms with Gasteiger partial charge in [0.15, 0.2) is 0 Å². The zero-order valence-corrected chi connectivity index (χ0v) is 10.9. The molecule has 0 spiro atoms. The fourth-order valence-corrected chi connectivity index (χ4v) is 2.50. The van der Waals surface area contributed by atoms with Gasteiger partial charge in [0.2, 0.25) is 0 Å². The highest BCUT2D eigenvalue weighted by Gasteiger charge is 2.04. The van der Waals surface area contributed by atoms with E-state index >= 15 is 0 Å². The molecule has 3 heteroatoms. The summed E-state index contributed by atoms with van der Waals surface area (Å²) in [5.74, 6) is 0. The Morgan fingerprint density at radius 1 is 1.12 bits per heavy atom. The highest BCUT2D eigenvalue weighted by Crippen LogP contribution is 2.21. The fraction of sp³-hybridized carbons (Fsp3) is 0.231. The van der Waals surface area contributed by atoms with Crippen LogP contribution in [0.4, 0.5) is 0 Å². The minimum Gasteiger partial charge on any atom is -0.326 e. The second-order valence-electron chi connectivity index (χ2n) is 3.68. The standard InChI is InChI=1S/C13H15NS.ClH/c1-10-4-2-3-5-11(10)8-12-6-7-15-13(12)9-14;/h2-7H,8-9,14H2,1H3;1H. The molecule has 0 amide bonds. The lowest BCUT2D eigenvalue weighted by Crippen LogP contribution is -1.98. The molecule has 0 aliphatic rings. The van der Waals surface area contributed by atoms with Crippen molar-refractivity contribution in [2.24, 2.45) is 5.73 Å². The van der Waals surface area contributed by atoms with Crippen LogP contribution < -0.4 is 5.73 Å². The van der Waals surface area contributed by atoms with Crippen LogP contribution in [-0.4, -0.2) is 0 Å². The van der Waals surface area contributed by atoms with Crippen LogP contribution in [0, 0.1) is 6.92 Å². The van der Waals surface area contributed by atoms with Crippen molar-refractivity contribution >= 4 is 23.7 Å². The summed E-state index contributed by atoms with van der Waals surface area (Å²) in [5, 5.41) is 2.12. The van der Waals surface area contributed by atoms with Gasteiger partial charge in [-0.2, -0.15) is 0 Å². The number of nitrogens with two attached hydrogens (primary N) is 1. The number of rotatable bonds is 3. The zero-order valence-electron chi connectivity index (χ0n) is 9.27. The number of aryl methyl sites for hydroxylation is 1. The number of halogens is 1. The second kappa shape index (κ2) is 6.04. The van der Waals surface area contributed by atoms with Crippen molar-refractivity contribution in [2.75, 3.05) is 0 Å². The van der Waals surface area contributed by atoms with Gasteiger partial charge < -0.3 is 5.73 Å². The maximum Gasteiger partial charge on any atom is 0.0276 e. The Morgan fingerprint density at radius 3 is 2.56 bits per heavy atom. The van der Waals surface area contributed by atoms with Crippen molar-refractivity contribution in [1.82, 2.24) is 0 Å². The molecule has 0 aliphatic heterocycles. The summed E-state index contributed by atoms with van der Waals surface area (Å²) < 4.78 is 0. The lowest BCUT2D eigenvalue weighted by atomic mass is 10.0. The molecule has 0 fully saturated rings. The molecule has 16 heavy (non-hydrogen) atoms. The first-order chi connectivity index (χ1) is 7.31. The second-order valence-corrected chi connectivity index (χ2v) is 4.68. The van der Waals surface area contributed by atoms with Gasteiger partial charge >= 0.3 is 0 Å². The van der Waals surface area contributed by atoms with Gasteiger partial charge in [0.1, 0.15) is 0 Å². The number of hydrogen-bond donors (Lipinski definition) is 1. The Bertz CT molecular complexity index is 451. The van der Waals surface area contributed by atoms with Gasteiger partial charge in [0.25, 0.3) is 0 Å². The molecular weight excluding hydrogens is 238 g/mol. The van der Waals surface area contributed by atoms with Gasteiger partial charge in [-0.25, -0.2) is 0 Å². The molecule has 0 radical (unpaired) electrons. The third kappa shape index (κ3) is 2.85. The van der Waals surface area contributed by atoms with Crippen LogP contribution in [0.5, 0.6) is 0 Å². The van der Waals surface area contributed by atoms with Crippen LogP contribution in [0.1, 0.15) is 21.6 Å². The van der Waals surface area contributed by atoms with Crippen molar-refractivity contribution in [1.29, 1.82) is 0 Å². The highest BCUT2D eigenvalue weighted by atomic mass is 35.5. The van der Waals surface area contributed by atoms with Crippen LogP contribution in [-0.2, 0) is 13.0 Å². The van der Waals surface area contributed by atoms with Crippen LogP contribution >= 0.6 is 23.7 Å². The number of thiophene rings is 1. The molecule has 0 unspecified atom stereocenters. The van der Waals surface area contributed by atoms with Crippen molar-refractivity contribution in [3.05, 3.63) is 57.3 Å². The van der Waals surface area contributed by atoms with E-state index in [-0.39, 0.29) is 12.4 Å². The average molecular weight is 254 g/mol. The Hall–Kier alpha value is -0.830. The van der Waals surface area contributed by atoms with E-state index in [2.05, 4.69) is 42.6 Å². The van der Waals surface area contributed by atoms with Crippen molar-refractivity contribution in [2.45, 2.75) is 19.9 Å². The average Bonchev–Trinajstić information content (AvgIpc) is 2.69. The third-order valence-electron chi connectivity index (χ3n) is 2.67. The summed E-state index contributed by atoms with van der Waals surface area (Å²) >= 11 is 1.75. The SMILES string of the molecule is Cc1ccccc1Cc1ccsc1CN.Cl. The molecule has 0 atom stereocenters. The first-order valence-corrected chi connectivity index (χ1v) is 5.99. The van der Waals surface area contributed by atoms with Crippen LogP contribution in [0.15, 0.2) is 35.7 Å². The van der Waals surface area contributed by atoms with Crippen molar-refractivity contribution in [3.8, 4) is 0 Å². The fourth-order valence-electron chi connectivity index (χ4n) is 1.72. The molecule has 0 saturated heterocycles. The van der Waals surface area contributed by atoms with E-state index in [1.807, 2.05) is 0 Å². The Labute approximate surface area is 107 Å². The van der Waals surface area contributed by atoms with Gasteiger partial charge in [-0.1, -0.05) is 24.3 Å². The Morgan fingerprint density at radius 2 is 1.88 bits per heavy atom. The first kappa shape index (κ1) is 13.2. The molecule has 0 bridgehead atoms. The molecule has 0 saturated carbocycles. The normalized spacial score (nSPS) is 9.88. The van der Waals surface area contributed by atoms with Crippen molar-refractivity contribution in [3.63, 3.8) is 0 Å². The van der Waals surface area contributed by atoms with E-state index in [1.165, 1.54) is 21.6 Å². The minimum atomic E-state index is 0. The molecule has 1 aromatic carbocycles. The summed E-state index contributed by atoms with van der Waals surface area (Å²) in [6, 6.07) is 10.7. The summed E-state index contributed by atoms with van der Waals surface area (Å²) in [5.41, 5.74) is 9.82. The Kier molecular flexibility index (Phi) is 5.00. The molecule has 1 aromatic heterocycles. The number of hydrogen-bond acceptors (Lipinski definition) is 2. The van der Waals surface area contributed by atoms with Crippen LogP contribution in [0.2, 0.25) is 0 Å². The molecule has 1 heterocycles. The van der Waals surface area contributed by atoms with Crippen LogP contribution in [0.3, 0.4) is 0 Å². The maximum atomic E-state index is 5.70. The van der Waals surface area contributed by atoms with Crippen LogP contribution in [0.25, 0.3) is 0 Å². The molecule has 0 aliphatic carbocycles.